The lowest BCUT2D eigenvalue weighted by molar-refractivity contribution is 0.0953. The third-order valence-electron chi connectivity index (χ3n) is 2.55. The number of carbonyl (C=O) groups excluding carboxylic acids is 1. The minimum absolute atomic E-state index is 0.106. The van der Waals surface area contributed by atoms with E-state index in [2.05, 4.69) is 10.7 Å². The number of hydrogen-bond acceptors (Lipinski definition) is 4. The van der Waals surface area contributed by atoms with Crippen LogP contribution in [0, 0.1) is 0 Å². The van der Waals surface area contributed by atoms with E-state index in [1.807, 2.05) is 12.1 Å². The Balaban J connectivity index is 1.83. The maximum Gasteiger partial charge on any atom is 0.251 e. The zero-order valence-electron chi connectivity index (χ0n) is 9.85. The monoisotopic (exact) mass is 245 g/mol. The molecule has 2 rings (SSSR count). The van der Waals surface area contributed by atoms with Gasteiger partial charge in [-0.2, -0.15) is 0 Å². The first-order valence-corrected chi connectivity index (χ1v) is 5.67. The predicted molar refractivity (Wildman–Crippen MR) is 69.0 cm³/mol. The quantitative estimate of drug-likeness (QED) is 0.551. The van der Waals surface area contributed by atoms with E-state index in [-0.39, 0.29) is 5.91 Å². The molecule has 0 unspecified atom stereocenters. The number of anilines is 1. The van der Waals surface area contributed by atoms with Crippen molar-refractivity contribution in [1.29, 1.82) is 0 Å². The van der Waals surface area contributed by atoms with Crippen LogP contribution in [0.2, 0.25) is 0 Å². The average molecular weight is 245 g/mol. The molecule has 2 aromatic rings. The van der Waals surface area contributed by atoms with E-state index >= 15 is 0 Å². The minimum Gasteiger partial charge on any atom is -0.469 e. The van der Waals surface area contributed by atoms with E-state index in [0.29, 0.717) is 18.5 Å². The molecule has 1 aromatic heterocycles. The highest BCUT2D eigenvalue weighted by atomic mass is 16.3. The van der Waals surface area contributed by atoms with Gasteiger partial charge in [-0.3, -0.25) is 10.6 Å². The van der Waals surface area contributed by atoms with Crippen molar-refractivity contribution in [2.75, 3.05) is 12.0 Å². The standard InChI is InChI=1S/C13H15N3O2/c14-16-11-5-3-10(4-6-11)13(17)15-8-7-12-2-1-9-18-12/h1-6,9,16H,7-8,14H2,(H,15,17). The smallest absolute Gasteiger partial charge is 0.251 e. The summed E-state index contributed by atoms with van der Waals surface area (Å²) in [6.45, 7) is 0.545. The SMILES string of the molecule is NNc1ccc(C(=O)NCCc2ccco2)cc1. The van der Waals surface area contributed by atoms with Crippen molar-refractivity contribution in [3.63, 3.8) is 0 Å². The van der Waals surface area contributed by atoms with E-state index in [0.717, 1.165) is 11.4 Å². The van der Waals surface area contributed by atoms with Gasteiger partial charge in [0, 0.05) is 24.2 Å². The third-order valence-corrected chi connectivity index (χ3v) is 2.55. The molecule has 0 aliphatic carbocycles. The molecule has 0 spiro atoms. The van der Waals surface area contributed by atoms with Gasteiger partial charge in [0.25, 0.3) is 5.91 Å². The molecule has 0 aliphatic rings. The van der Waals surface area contributed by atoms with Gasteiger partial charge < -0.3 is 15.2 Å². The molecule has 1 amide bonds. The molecular weight excluding hydrogens is 230 g/mol. The number of nitrogen functional groups attached to an aromatic ring is 1. The fraction of sp³-hybridized carbons (Fsp3) is 0.154. The highest BCUT2D eigenvalue weighted by molar-refractivity contribution is 5.94. The molecule has 0 fully saturated rings. The lowest BCUT2D eigenvalue weighted by Gasteiger charge is -2.05. The number of nitrogens with two attached hydrogens (primary N) is 1. The van der Waals surface area contributed by atoms with Crippen molar-refractivity contribution < 1.29 is 9.21 Å². The van der Waals surface area contributed by atoms with Gasteiger partial charge in [-0.15, -0.1) is 0 Å². The Morgan fingerprint density at radius 1 is 1.22 bits per heavy atom. The number of carbonyl (C=O) groups is 1. The second-order valence-electron chi connectivity index (χ2n) is 3.81. The van der Waals surface area contributed by atoms with Crippen molar-refractivity contribution >= 4 is 11.6 Å². The van der Waals surface area contributed by atoms with Gasteiger partial charge in [-0.1, -0.05) is 0 Å². The van der Waals surface area contributed by atoms with Crippen LogP contribution in [0.15, 0.2) is 47.1 Å². The molecule has 1 aromatic carbocycles. The Bertz CT molecular complexity index is 491. The largest absolute Gasteiger partial charge is 0.469 e. The van der Waals surface area contributed by atoms with Crippen molar-refractivity contribution in [2.45, 2.75) is 6.42 Å². The number of furan rings is 1. The van der Waals surface area contributed by atoms with E-state index in [1.165, 1.54) is 0 Å². The van der Waals surface area contributed by atoms with E-state index < -0.39 is 0 Å². The molecule has 94 valence electrons. The van der Waals surface area contributed by atoms with Gasteiger partial charge in [0.15, 0.2) is 0 Å². The van der Waals surface area contributed by atoms with Crippen molar-refractivity contribution in [3.8, 4) is 0 Å². The fourth-order valence-electron chi connectivity index (χ4n) is 1.57. The molecule has 1 heterocycles. The zero-order chi connectivity index (χ0) is 12.8. The van der Waals surface area contributed by atoms with Gasteiger partial charge >= 0.3 is 0 Å². The normalized spacial score (nSPS) is 10.1. The zero-order valence-corrected chi connectivity index (χ0v) is 9.85. The third kappa shape index (κ3) is 3.11. The van der Waals surface area contributed by atoms with Crippen LogP contribution in [-0.2, 0) is 6.42 Å². The van der Waals surface area contributed by atoms with Gasteiger partial charge in [0.1, 0.15) is 5.76 Å². The van der Waals surface area contributed by atoms with Gasteiger partial charge in [-0.25, -0.2) is 0 Å². The molecule has 4 N–H and O–H groups in total. The molecule has 18 heavy (non-hydrogen) atoms. The lowest BCUT2D eigenvalue weighted by atomic mass is 10.2. The summed E-state index contributed by atoms with van der Waals surface area (Å²) in [5, 5.41) is 2.82. The van der Waals surface area contributed by atoms with Crippen LogP contribution in [0.5, 0.6) is 0 Å². The molecule has 5 nitrogen and oxygen atoms in total. The van der Waals surface area contributed by atoms with E-state index in [4.69, 9.17) is 10.3 Å². The van der Waals surface area contributed by atoms with Crippen LogP contribution in [0.4, 0.5) is 5.69 Å². The van der Waals surface area contributed by atoms with Crippen LogP contribution >= 0.6 is 0 Å². The van der Waals surface area contributed by atoms with Crippen molar-refractivity contribution in [2.24, 2.45) is 5.84 Å². The lowest BCUT2D eigenvalue weighted by Crippen LogP contribution is -2.25. The maximum absolute atomic E-state index is 11.8. The number of hydrazine groups is 1. The Kier molecular flexibility index (Phi) is 3.98. The average Bonchev–Trinajstić information content (AvgIpc) is 2.92. The summed E-state index contributed by atoms with van der Waals surface area (Å²) in [4.78, 5) is 11.8. The highest BCUT2D eigenvalue weighted by Gasteiger charge is 2.04. The predicted octanol–water partition coefficient (Wildman–Crippen LogP) is 1.54. The van der Waals surface area contributed by atoms with Crippen molar-refractivity contribution in [3.05, 3.63) is 54.0 Å². The number of rotatable bonds is 5. The number of nitrogens with one attached hydrogen (secondary N) is 2. The fourth-order valence-corrected chi connectivity index (χ4v) is 1.57. The molecule has 0 atom stereocenters. The summed E-state index contributed by atoms with van der Waals surface area (Å²) >= 11 is 0. The Morgan fingerprint density at radius 3 is 2.61 bits per heavy atom. The summed E-state index contributed by atoms with van der Waals surface area (Å²) in [6.07, 6.45) is 2.30. The van der Waals surface area contributed by atoms with Crippen LogP contribution in [-0.4, -0.2) is 12.5 Å². The Morgan fingerprint density at radius 2 is 2.00 bits per heavy atom. The summed E-state index contributed by atoms with van der Waals surface area (Å²) < 4.78 is 5.18. The van der Waals surface area contributed by atoms with Gasteiger partial charge in [0.2, 0.25) is 0 Å². The number of benzene rings is 1. The summed E-state index contributed by atoms with van der Waals surface area (Å²) in [5.41, 5.74) is 3.88. The molecule has 0 saturated heterocycles. The first-order chi connectivity index (χ1) is 8.79. The minimum atomic E-state index is -0.106. The molecule has 5 heteroatoms. The topological polar surface area (TPSA) is 80.3 Å². The van der Waals surface area contributed by atoms with E-state index in [1.54, 1.807) is 30.5 Å². The number of amides is 1. The van der Waals surface area contributed by atoms with Crippen molar-refractivity contribution in [1.82, 2.24) is 5.32 Å². The summed E-state index contributed by atoms with van der Waals surface area (Å²) in [7, 11) is 0. The molecular formula is C13H15N3O2. The molecule has 0 bridgehead atoms. The first-order valence-electron chi connectivity index (χ1n) is 5.67. The van der Waals surface area contributed by atoms with Gasteiger partial charge in [-0.05, 0) is 36.4 Å². The second-order valence-corrected chi connectivity index (χ2v) is 3.81. The highest BCUT2D eigenvalue weighted by Crippen LogP contribution is 2.07. The summed E-state index contributed by atoms with van der Waals surface area (Å²) in [5.74, 6) is 6.00. The molecule has 0 radical (unpaired) electrons. The van der Waals surface area contributed by atoms with Crippen LogP contribution in [0.1, 0.15) is 16.1 Å². The van der Waals surface area contributed by atoms with Gasteiger partial charge in [0.05, 0.1) is 6.26 Å². The van der Waals surface area contributed by atoms with Crippen LogP contribution in [0.3, 0.4) is 0 Å². The maximum atomic E-state index is 11.8. The molecule has 0 saturated carbocycles. The molecule has 0 aliphatic heterocycles. The Hall–Kier alpha value is -2.27. The Labute approximate surface area is 105 Å². The summed E-state index contributed by atoms with van der Waals surface area (Å²) in [6, 6.07) is 10.7. The van der Waals surface area contributed by atoms with E-state index in [9.17, 15) is 4.79 Å². The second kappa shape index (κ2) is 5.88. The van der Waals surface area contributed by atoms with Crippen LogP contribution < -0.4 is 16.6 Å². The number of hydrogen-bond donors (Lipinski definition) is 3. The first kappa shape index (κ1) is 12.2. The van der Waals surface area contributed by atoms with Crippen LogP contribution in [0.25, 0.3) is 0 Å².